The van der Waals surface area contributed by atoms with Crippen LogP contribution in [-0.4, -0.2) is 38.5 Å². The van der Waals surface area contributed by atoms with E-state index in [-0.39, 0.29) is 16.8 Å². The van der Waals surface area contributed by atoms with Crippen LogP contribution in [0.25, 0.3) is 0 Å². The molecular formula is C15H23FN2O2S. The first-order chi connectivity index (χ1) is 9.79. The Morgan fingerprint density at radius 1 is 1.29 bits per heavy atom. The largest absolute Gasteiger partial charge is 0.301 e. The summed E-state index contributed by atoms with van der Waals surface area (Å²) in [5.41, 5.74) is 0.340. The molecule has 1 heterocycles. The third-order valence-electron chi connectivity index (χ3n) is 4.02. The van der Waals surface area contributed by atoms with E-state index in [9.17, 15) is 12.8 Å². The van der Waals surface area contributed by atoms with Crippen molar-refractivity contribution in [2.75, 3.05) is 13.1 Å². The molecule has 0 atom stereocenters. The zero-order valence-corrected chi connectivity index (χ0v) is 13.6. The smallest absolute Gasteiger partial charge is 0.240 e. The van der Waals surface area contributed by atoms with E-state index < -0.39 is 10.0 Å². The monoisotopic (exact) mass is 314 g/mol. The standard InChI is InChI=1S/C15H23FN2O2S/c1-11(2)18-8-6-13(7-9-18)17-21(19,20)14-4-5-15(16)12(3)10-14/h4-5,10-11,13,17H,6-9H2,1-3H3. The molecule has 1 aliphatic heterocycles. The van der Waals surface area contributed by atoms with Gasteiger partial charge in [-0.2, -0.15) is 0 Å². The fraction of sp³-hybridized carbons (Fsp3) is 0.600. The molecule has 0 spiro atoms. The molecule has 118 valence electrons. The van der Waals surface area contributed by atoms with Gasteiger partial charge < -0.3 is 4.90 Å². The molecule has 1 saturated heterocycles. The minimum absolute atomic E-state index is 0.0460. The van der Waals surface area contributed by atoms with E-state index in [1.165, 1.54) is 18.2 Å². The predicted molar refractivity (Wildman–Crippen MR) is 81.2 cm³/mol. The maximum absolute atomic E-state index is 13.2. The predicted octanol–water partition coefficient (Wildman–Crippen LogP) is 2.29. The van der Waals surface area contributed by atoms with Gasteiger partial charge in [0.1, 0.15) is 5.82 Å². The Balaban J connectivity index is 2.03. The molecule has 0 unspecified atom stereocenters. The van der Waals surface area contributed by atoms with E-state index in [1.807, 2.05) is 0 Å². The van der Waals surface area contributed by atoms with Crippen LogP contribution in [0.4, 0.5) is 4.39 Å². The third kappa shape index (κ3) is 4.02. The van der Waals surface area contributed by atoms with E-state index in [2.05, 4.69) is 23.5 Å². The second kappa shape index (κ2) is 6.42. The van der Waals surface area contributed by atoms with Crippen LogP contribution in [0, 0.1) is 12.7 Å². The minimum atomic E-state index is -3.57. The van der Waals surface area contributed by atoms with Gasteiger partial charge in [-0.3, -0.25) is 0 Å². The second-order valence-electron chi connectivity index (χ2n) is 5.94. The van der Waals surface area contributed by atoms with Crippen LogP contribution in [0.1, 0.15) is 32.3 Å². The normalized spacial score (nSPS) is 18.3. The summed E-state index contributed by atoms with van der Waals surface area (Å²) in [6, 6.07) is 4.33. The zero-order chi connectivity index (χ0) is 15.6. The Morgan fingerprint density at radius 2 is 1.90 bits per heavy atom. The maximum atomic E-state index is 13.2. The van der Waals surface area contributed by atoms with Gasteiger partial charge in [-0.25, -0.2) is 17.5 Å². The van der Waals surface area contributed by atoms with Crippen LogP contribution in [0.5, 0.6) is 0 Å². The molecule has 4 nitrogen and oxygen atoms in total. The lowest BCUT2D eigenvalue weighted by atomic mass is 10.1. The molecule has 0 radical (unpaired) electrons. The molecule has 1 N–H and O–H groups in total. The summed E-state index contributed by atoms with van der Waals surface area (Å²) in [6.45, 7) is 7.65. The lowest BCUT2D eigenvalue weighted by molar-refractivity contribution is 0.168. The molecule has 21 heavy (non-hydrogen) atoms. The van der Waals surface area contributed by atoms with Gasteiger partial charge in [0.05, 0.1) is 4.90 Å². The van der Waals surface area contributed by atoms with Gasteiger partial charge in [-0.15, -0.1) is 0 Å². The van der Waals surface area contributed by atoms with Crippen molar-refractivity contribution >= 4 is 10.0 Å². The second-order valence-corrected chi connectivity index (χ2v) is 7.65. The van der Waals surface area contributed by atoms with Crippen molar-refractivity contribution in [3.63, 3.8) is 0 Å². The number of rotatable bonds is 4. The lowest BCUT2D eigenvalue weighted by Crippen LogP contribution is -2.46. The molecule has 1 fully saturated rings. The van der Waals surface area contributed by atoms with Gasteiger partial charge in [0.25, 0.3) is 0 Å². The Labute approximate surface area is 126 Å². The van der Waals surface area contributed by atoms with Crippen LogP contribution in [0.15, 0.2) is 23.1 Å². The van der Waals surface area contributed by atoms with Crippen molar-refractivity contribution in [1.82, 2.24) is 9.62 Å². The number of hydrogen-bond donors (Lipinski definition) is 1. The number of nitrogens with zero attached hydrogens (tertiary/aromatic N) is 1. The van der Waals surface area contributed by atoms with Gasteiger partial charge >= 0.3 is 0 Å². The van der Waals surface area contributed by atoms with Crippen molar-refractivity contribution in [3.8, 4) is 0 Å². The van der Waals surface area contributed by atoms with Crippen molar-refractivity contribution in [3.05, 3.63) is 29.6 Å². The molecule has 0 saturated carbocycles. The maximum Gasteiger partial charge on any atom is 0.240 e. The average Bonchev–Trinajstić information content (AvgIpc) is 2.42. The molecule has 0 bridgehead atoms. The summed E-state index contributed by atoms with van der Waals surface area (Å²) in [6.07, 6.45) is 1.61. The van der Waals surface area contributed by atoms with Crippen molar-refractivity contribution in [1.29, 1.82) is 0 Å². The highest BCUT2D eigenvalue weighted by Gasteiger charge is 2.25. The highest BCUT2D eigenvalue weighted by Crippen LogP contribution is 2.18. The Bertz CT molecular complexity index is 594. The van der Waals surface area contributed by atoms with Crippen LogP contribution in [-0.2, 0) is 10.0 Å². The number of halogens is 1. The molecular weight excluding hydrogens is 291 g/mol. The van der Waals surface area contributed by atoms with Crippen LogP contribution < -0.4 is 4.72 Å². The fourth-order valence-electron chi connectivity index (χ4n) is 2.61. The number of sulfonamides is 1. The highest BCUT2D eigenvalue weighted by molar-refractivity contribution is 7.89. The summed E-state index contributed by atoms with van der Waals surface area (Å²) in [7, 11) is -3.57. The topological polar surface area (TPSA) is 49.4 Å². The average molecular weight is 314 g/mol. The van der Waals surface area contributed by atoms with Gasteiger partial charge in [0.15, 0.2) is 0 Å². The molecule has 1 aliphatic rings. The zero-order valence-electron chi connectivity index (χ0n) is 12.8. The van der Waals surface area contributed by atoms with Crippen LogP contribution in [0.2, 0.25) is 0 Å². The molecule has 0 aromatic heterocycles. The Kier molecular flexibility index (Phi) is 5.01. The lowest BCUT2D eigenvalue weighted by Gasteiger charge is -2.34. The Morgan fingerprint density at radius 3 is 2.43 bits per heavy atom. The van der Waals surface area contributed by atoms with Gasteiger partial charge in [0, 0.05) is 12.1 Å². The molecule has 0 amide bonds. The van der Waals surface area contributed by atoms with Crippen molar-refractivity contribution < 1.29 is 12.8 Å². The quantitative estimate of drug-likeness (QED) is 0.927. The minimum Gasteiger partial charge on any atom is -0.301 e. The first kappa shape index (κ1) is 16.4. The summed E-state index contributed by atoms with van der Waals surface area (Å²) < 4.78 is 40.6. The first-order valence-corrected chi connectivity index (χ1v) is 8.80. The fourth-order valence-corrected chi connectivity index (χ4v) is 4.00. The first-order valence-electron chi connectivity index (χ1n) is 7.32. The van der Waals surface area contributed by atoms with E-state index >= 15 is 0 Å². The van der Waals surface area contributed by atoms with Gasteiger partial charge in [-0.1, -0.05) is 0 Å². The highest BCUT2D eigenvalue weighted by atomic mass is 32.2. The third-order valence-corrected chi connectivity index (χ3v) is 5.54. The van der Waals surface area contributed by atoms with Gasteiger partial charge in [-0.05, 0) is 70.5 Å². The number of piperidine rings is 1. The van der Waals surface area contributed by atoms with Crippen LogP contribution in [0.3, 0.4) is 0 Å². The number of nitrogens with one attached hydrogen (secondary N) is 1. The van der Waals surface area contributed by atoms with E-state index in [0.29, 0.717) is 11.6 Å². The molecule has 1 aromatic rings. The van der Waals surface area contributed by atoms with Gasteiger partial charge in [0.2, 0.25) is 10.0 Å². The molecule has 2 rings (SSSR count). The summed E-state index contributed by atoms with van der Waals surface area (Å²) >= 11 is 0. The van der Waals surface area contributed by atoms with E-state index in [1.54, 1.807) is 6.92 Å². The van der Waals surface area contributed by atoms with Crippen molar-refractivity contribution in [2.24, 2.45) is 0 Å². The van der Waals surface area contributed by atoms with Crippen molar-refractivity contribution in [2.45, 2.75) is 50.6 Å². The number of likely N-dealkylation sites (tertiary alicyclic amines) is 1. The SMILES string of the molecule is Cc1cc(S(=O)(=O)NC2CCN(C(C)C)CC2)ccc1F. The summed E-state index contributed by atoms with van der Waals surface area (Å²) in [5.74, 6) is -0.390. The number of aryl methyl sites for hydroxylation is 1. The van der Waals surface area contributed by atoms with E-state index in [4.69, 9.17) is 0 Å². The molecule has 1 aromatic carbocycles. The number of hydrogen-bond acceptors (Lipinski definition) is 3. The Hall–Kier alpha value is -0.980. The molecule has 0 aliphatic carbocycles. The van der Waals surface area contributed by atoms with E-state index in [0.717, 1.165) is 25.9 Å². The summed E-state index contributed by atoms with van der Waals surface area (Å²) in [5, 5.41) is 0. The number of benzene rings is 1. The molecule has 6 heteroatoms. The summed E-state index contributed by atoms with van der Waals surface area (Å²) in [4.78, 5) is 2.47. The van der Waals surface area contributed by atoms with Crippen LogP contribution >= 0.6 is 0 Å².